The number of nitrogens with two attached hydrogens (primary N) is 1. The molecule has 98 valence electrons. The lowest BCUT2D eigenvalue weighted by atomic mass is 10.0. The van der Waals surface area contributed by atoms with Crippen LogP contribution in [-0.2, 0) is 0 Å². The zero-order chi connectivity index (χ0) is 13.4. The molecular weight excluding hydrogens is 247 g/mol. The third-order valence-electron chi connectivity index (χ3n) is 3.33. The first-order chi connectivity index (χ1) is 9.18. The number of carbonyl (C=O) groups is 1. The predicted octanol–water partition coefficient (Wildman–Crippen LogP) is 1.53. The van der Waals surface area contributed by atoms with Crippen LogP contribution in [0.15, 0.2) is 30.5 Å². The number of halogens is 1. The molecule has 3 rings (SSSR count). The number of amides is 1. The summed E-state index contributed by atoms with van der Waals surface area (Å²) in [6, 6.07) is 6.39. The Hall–Kier alpha value is -2.37. The quantitative estimate of drug-likeness (QED) is 0.860. The van der Waals surface area contributed by atoms with Crippen LogP contribution in [-0.4, -0.2) is 22.2 Å². The van der Waals surface area contributed by atoms with Crippen molar-refractivity contribution in [2.24, 2.45) is 5.73 Å². The molecule has 1 aromatic heterocycles. The van der Waals surface area contributed by atoms with Gasteiger partial charge in [-0.05, 0) is 12.5 Å². The standard InChI is InChI=1S/C13H13FN4O/c14-10-4-2-1-3-8(10)11-5-6-16-13-9(12(15)19)7-17-18(11)13/h1-4,7,11,16H,5-6H2,(H2,15,19). The van der Waals surface area contributed by atoms with Gasteiger partial charge in [0.05, 0.1) is 12.2 Å². The molecule has 0 radical (unpaired) electrons. The molecule has 6 heteroatoms. The van der Waals surface area contributed by atoms with E-state index in [1.54, 1.807) is 22.9 Å². The zero-order valence-electron chi connectivity index (χ0n) is 10.1. The highest BCUT2D eigenvalue weighted by Gasteiger charge is 2.27. The maximum absolute atomic E-state index is 13.9. The van der Waals surface area contributed by atoms with Crippen LogP contribution in [0, 0.1) is 5.82 Å². The second-order valence-electron chi connectivity index (χ2n) is 4.47. The summed E-state index contributed by atoms with van der Waals surface area (Å²) in [6.07, 6.45) is 2.12. The highest BCUT2D eigenvalue weighted by molar-refractivity contribution is 5.97. The number of nitrogens with zero attached hydrogens (tertiary/aromatic N) is 2. The van der Waals surface area contributed by atoms with Crippen LogP contribution in [0.4, 0.5) is 10.2 Å². The highest BCUT2D eigenvalue weighted by atomic mass is 19.1. The van der Waals surface area contributed by atoms with E-state index in [1.807, 2.05) is 0 Å². The van der Waals surface area contributed by atoms with Crippen LogP contribution in [0.5, 0.6) is 0 Å². The van der Waals surface area contributed by atoms with Gasteiger partial charge in [-0.15, -0.1) is 0 Å². The van der Waals surface area contributed by atoms with Crippen LogP contribution in [0.25, 0.3) is 0 Å². The number of carbonyl (C=O) groups excluding carboxylic acids is 1. The normalized spacial score (nSPS) is 17.6. The van der Waals surface area contributed by atoms with E-state index in [0.29, 0.717) is 29.9 Å². The first-order valence-electron chi connectivity index (χ1n) is 6.04. The number of anilines is 1. The molecule has 1 aliphatic rings. The summed E-state index contributed by atoms with van der Waals surface area (Å²) in [5, 5.41) is 7.25. The van der Waals surface area contributed by atoms with Gasteiger partial charge in [0.1, 0.15) is 17.2 Å². The Morgan fingerprint density at radius 1 is 1.47 bits per heavy atom. The molecule has 0 spiro atoms. The summed E-state index contributed by atoms with van der Waals surface area (Å²) in [5.74, 6) is -0.244. The van der Waals surface area contributed by atoms with Gasteiger partial charge in [0.2, 0.25) is 0 Å². The summed E-state index contributed by atoms with van der Waals surface area (Å²) in [7, 11) is 0. The Morgan fingerprint density at radius 2 is 2.26 bits per heavy atom. The van der Waals surface area contributed by atoms with Crippen molar-refractivity contribution >= 4 is 11.7 Å². The SMILES string of the molecule is NC(=O)c1cnn2c1NCCC2c1ccccc1F. The fourth-order valence-corrected chi connectivity index (χ4v) is 2.44. The molecule has 3 N–H and O–H groups in total. The topological polar surface area (TPSA) is 72.9 Å². The van der Waals surface area contributed by atoms with Crippen LogP contribution in [0.3, 0.4) is 0 Å². The number of benzene rings is 1. The van der Waals surface area contributed by atoms with Gasteiger partial charge < -0.3 is 11.1 Å². The van der Waals surface area contributed by atoms with Gasteiger partial charge in [0, 0.05) is 12.1 Å². The predicted molar refractivity (Wildman–Crippen MR) is 68.4 cm³/mol. The van der Waals surface area contributed by atoms with Crippen molar-refractivity contribution in [2.75, 3.05) is 11.9 Å². The van der Waals surface area contributed by atoms with Crippen LogP contribution in [0.1, 0.15) is 28.4 Å². The second kappa shape index (κ2) is 4.38. The van der Waals surface area contributed by atoms with Crippen molar-refractivity contribution in [1.82, 2.24) is 9.78 Å². The molecule has 2 aromatic rings. The van der Waals surface area contributed by atoms with E-state index in [2.05, 4.69) is 10.4 Å². The number of aromatic nitrogens is 2. The monoisotopic (exact) mass is 260 g/mol. The largest absolute Gasteiger partial charge is 0.369 e. The molecule has 0 saturated carbocycles. The molecule has 19 heavy (non-hydrogen) atoms. The molecule has 1 amide bonds. The van der Waals surface area contributed by atoms with Gasteiger partial charge in [-0.2, -0.15) is 5.10 Å². The van der Waals surface area contributed by atoms with E-state index >= 15 is 0 Å². The number of nitrogens with one attached hydrogen (secondary N) is 1. The van der Waals surface area contributed by atoms with Gasteiger partial charge in [-0.1, -0.05) is 18.2 Å². The fourth-order valence-electron chi connectivity index (χ4n) is 2.44. The minimum absolute atomic E-state index is 0.217. The number of hydrogen-bond donors (Lipinski definition) is 2. The average molecular weight is 260 g/mol. The van der Waals surface area contributed by atoms with Crippen molar-refractivity contribution in [1.29, 1.82) is 0 Å². The summed E-state index contributed by atoms with van der Waals surface area (Å²) in [4.78, 5) is 11.3. The lowest BCUT2D eigenvalue weighted by molar-refractivity contribution is 0.100. The Balaban J connectivity index is 2.09. The van der Waals surface area contributed by atoms with Crippen LogP contribution >= 0.6 is 0 Å². The number of rotatable bonds is 2. The van der Waals surface area contributed by atoms with Gasteiger partial charge >= 0.3 is 0 Å². The Bertz CT molecular complexity index is 637. The smallest absolute Gasteiger partial charge is 0.254 e. The minimum atomic E-state index is -0.539. The summed E-state index contributed by atoms with van der Waals surface area (Å²) in [6.45, 7) is 0.644. The maximum Gasteiger partial charge on any atom is 0.254 e. The number of primary amides is 1. The second-order valence-corrected chi connectivity index (χ2v) is 4.47. The lowest BCUT2D eigenvalue weighted by Gasteiger charge is -2.26. The van der Waals surface area contributed by atoms with E-state index in [9.17, 15) is 9.18 Å². The van der Waals surface area contributed by atoms with Crippen LogP contribution in [0.2, 0.25) is 0 Å². The van der Waals surface area contributed by atoms with E-state index in [0.717, 1.165) is 0 Å². The third kappa shape index (κ3) is 1.85. The van der Waals surface area contributed by atoms with Gasteiger partial charge in [-0.25, -0.2) is 9.07 Å². The van der Waals surface area contributed by atoms with E-state index in [4.69, 9.17) is 5.73 Å². The Morgan fingerprint density at radius 3 is 3.00 bits per heavy atom. The fraction of sp³-hybridized carbons (Fsp3) is 0.231. The number of hydrogen-bond acceptors (Lipinski definition) is 3. The molecule has 1 aliphatic heterocycles. The van der Waals surface area contributed by atoms with Crippen molar-refractivity contribution in [3.8, 4) is 0 Å². The summed E-state index contributed by atoms with van der Waals surface area (Å²) in [5.41, 5.74) is 6.20. The van der Waals surface area contributed by atoms with Crippen LogP contribution < -0.4 is 11.1 Å². The molecule has 2 heterocycles. The molecule has 0 saturated heterocycles. The molecule has 1 unspecified atom stereocenters. The molecule has 1 atom stereocenters. The van der Waals surface area contributed by atoms with Crippen molar-refractivity contribution in [2.45, 2.75) is 12.5 Å². The summed E-state index contributed by atoms with van der Waals surface area (Å²) < 4.78 is 15.5. The molecule has 0 fully saturated rings. The number of fused-ring (bicyclic) bond motifs is 1. The minimum Gasteiger partial charge on any atom is -0.369 e. The lowest BCUT2D eigenvalue weighted by Crippen LogP contribution is -2.26. The molecule has 5 nitrogen and oxygen atoms in total. The third-order valence-corrected chi connectivity index (χ3v) is 3.33. The Labute approximate surface area is 109 Å². The first kappa shape index (κ1) is 11.7. The molecule has 0 bridgehead atoms. The first-order valence-corrected chi connectivity index (χ1v) is 6.04. The maximum atomic E-state index is 13.9. The van der Waals surface area contributed by atoms with Gasteiger partial charge in [0.25, 0.3) is 5.91 Å². The Kier molecular flexibility index (Phi) is 2.70. The molecular formula is C13H13FN4O. The average Bonchev–Trinajstić information content (AvgIpc) is 2.83. The van der Waals surface area contributed by atoms with Gasteiger partial charge in [0.15, 0.2) is 0 Å². The summed E-state index contributed by atoms with van der Waals surface area (Å²) >= 11 is 0. The van der Waals surface area contributed by atoms with Crippen molar-refractivity contribution < 1.29 is 9.18 Å². The van der Waals surface area contributed by atoms with Crippen molar-refractivity contribution in [3.63, 3.8) is 0 Å². The highest BCUT2D eigenvalue weighted by Crippen LogP contribution is 2.32. The van der Waals surface area contributed by atoms with Crippen molar-refractivity contribution in [3.05, 3.63) is 47.4 Å². The zero-order valence-corrected chi connectivity index (χ0v) is 10.1. The van der Waals surface area contributed by atoms with E-state index < -0.39 is 5.91 Å². The molecule has 1 aromatic carbocycles. The van der Waals surface area contributed by atoms with Gasteiger partial charge in [-0.3, -0.25) is 4.79 Å². The van der Waals surface area contributed by atoms with E-state index in [-0.39, 0.29) is 11.9 Å². The molecule has 0 aliphatic carbocycles. The van der Waals surface area contributed by atoms with E-state index in [1.165, 1.54) is 12.3 Å².